The number of amides is 2. The number of H-pyrrole nitrogens is 1. The van der Waals surface area contributed by atoms with E-state index in [1.807, 2.05) is 17.7 Å². The number of aromatic nitrogens is 1. The van der Waals surface area contributed by atoms with Gasteiger partial charge >= 0.3 is 5.97 Å². The molecule has 0 atom stereocenters. The molecular weight excluding hydrogens is 378 g/mol. The van der Waals surface area contributed by atoms with Gasteiger partial charge in [0.05, 0.1) is 12.7 Å². The van der Waals surface area contributed by atoms with Crippen molar-refractivity contribution in [3.8, 4) is 0 Å². The van der Waals surface area contributed by atoms with Gasteiger partial charge in [-0.25, -0.2) is 4.79 Å². The van der Waals surface area contributed by atoms with Crippen molar-refractivity contribution in [3.63, 3.8) is 0 Å². The van der Waals surface area contributed by atoms with Crippen LogP contribution in [0.25, 0.3) is 0 Å². The summed E-state index contributed by atoms with van der Waals surface area (Å²) in [5.41, 5.74) is 2.91. The number of hydrogen-bond acceptors (Lipinski definition) is 5. The van der Waals surface area contributed by atoms with Crippen molar-refractivity contribution in [1.29, 1.82) is 0 Å². The van der Waals surface area contributed by atoms with Gasteiger partial charge in [0.15, 0.2) is 0 Å². The molecule has 1 saturated heterocycles. The predicted molar refractivity (Wildman–Crippen MR) is 107 cm³/mol. The molecule has 8 heteroatoms. The van der Waals surface area contributed by atoms with Crippen molar-refractivity contribution in [3.05, 3.63) is 44.9 Å². The van der Waals surface area contributed by atoms with Crippen LogP contribution in [0.2, 0.25) is 0 Å². The van der Waals surface area contributed by atoms with Gasteiger partial charge in [0.2, 0.25) is 0 Å². The highest BCUT2D eigenvalue weighted by molar-refractivity contribution is 7.08. The Morgan fingerprint density at radius 1 is 1.32 bits per heavy atom. The molecular formula is C20H25N3O4S. The van der Waals surface area contributed by atoms with Crippen LogP contribution in [0, 0.1) is 6.92 Å². The van der Waals surface area contributed by atoms with Gasteiger partial charge in [0, 0.05) is 35.8 Å². The van der Waals surface area contributed by atoms with Crippen molar-refractivity contribution < 1.29 is 19.1 Å². The molecule has 0 saturated carbocycles. The Morgan fingerprint density at radius 3 is 2.61 bits per heavy atom. The summed E-state index contributed by atoms with van der Waals surface area (Å²) in [4.78, 5) is 42.1. The molecule has 1 aliphatic rings. The minimum absolute atomic E-state index is 0.0537. The molecule has 2 aromatic rings. The lowest BCUT2D eigenvalue weighted by atomic mass is 10.0. The van der Waals surface area contributed by atoms with Crippen LogP contribution in [-0.2, 0) is 11.2 Å². The van der Waals surface area contributed by atoms with Crippen molar-refractivity contribution in [2.75, 3.05) is 20.2 Å². The maximum atomic E-state index is 13.0. The maximum Gasteiger partial charge on any atom is 0.339 e. The summed E-state index contributed by atoms with van der Waals surface area (Å²) in [7, 11) is 1.34. The average Bonchev–Trinajstić information content (AvgIpc) is 3.35. The molecule has 0 bridgehead atoms. The Labute approximate surface area is 168 Å². The number of carbonyl (C=O) groups excluding carboxylic acids is 3. The average molecular weight is 404 g/mol. The number of aryl methyl sites for hydroxylation is 1. The minimum atomic E-state index is -0.431. The second-order valence-corrected chi connectivity index (χ2v) is 7.66. The van der Waals surface area contributed by atoms with Gasteiger partial charge in [0.25, 0.3) is 11.8 Å². The summed E-state index contributed by atoms with van der Waals surface area (Å²) in [6.45, 7) is 4.80. The van der Waals surface area contributed by atoms with Crippen LogP contribution >= 0.6 is 11.3 Å². The fourth-order valence-electron chi connectivity index (χ4n) is 3.56. The molecule has 3 heterocycles. The van der Waals surface area contributed by atoms with Crippen molar-refractivity contribution in [1.82, 2.24) is 15.2 Å². The normalized spacial score (nSPS) is 14.8. The van der Waals surface area contributed by atoms with Gasteiger partial charge in [-0.15, -0.1) is 0 Å². The number of nitrogens with zero attached hydrogens (tertiary/aromatic N) is 1. The molecule has 0 aromatic carbocycles. The molecule has 2 N–H and O–H groups in total. The highest BCUT2D eigenvalue weighted by atomic mass is 32.1. The van der Waals surface area contributed by atoms with Gasteiger partial charge in [-0.05, 0) is 43.2 Å². The van der Waals surface area contributed by atoms with E-state index in [1.165, 1.54) is 18.4 Å². The summed E-state index contributed by atoms with van der Waals surface area (Å²) >= 11 is 1.49. The van der Waals surface area contributed by atoms with Gasteiger partial charge in [-0.1, -0.05) is 6.92 Å². The standard InChI is InChI=1S/C20H25N3O4S/c1-4-15-16(20(26)27-3)12(2)17(22-15)19(25)23-8-5-14(6-9-23)21-18(24)13-7-10-28-11-13/h7,10-11,14,22H,4-6,8-9H2,1-3H3,(H,21,24). The van der Waals surface area contributed by atoms with Crippen molar-refractivity contribution in [2.24, 2.45) is 0 Å². The Kier molecular flexibility index (Phi) is 6.18. The van der Waals surface area contributed by atoms with E-state index < -0.39 is 5.97 Å². The molecule has 1 aliphatic heterocycles. The fourth-order valence-corrected chi connectivity index (χ4v) is 4.20. The van der Waals surface area contributed by atoms with Gasteiger partial charge in [0.1, 0.15) is 5.69 Å². The van der Waals surface area contributed by atoms with Crippen LogP contribution in [0.1, 0.15) is 62.2 Å². The molecule has 0 aliphatic carbocycles. The molecule has 150 valence electrons. The fraction of sp³-hybridized carbons (Fsp3) is 0.450. The Hall–Kier alpha value is -2.61. The zero-order valence-corrected chi connectivity index (χ0v) is 17.1. The topological polar surface area (TPSA) is 91.5 Å². The van der Waals surface area contributed by atoms with E-state index >= 15 is 0 Å². The zero-order chi connectivity index (χ0) is 20.3. The van der Waals surface area contributed by atoms with E-state index in [-0.39, 0.29) is 17.9 Å². The molecule has 0 radical (unpaired) electrons. The lowest BCUT2D eigenvalue weighted by Crippen LogP contribution is -2.46. The summed E-state index contributed by atoms with van der Waals surface area (Å²) in [6.07, 6.45) is 2.01. The Balaban J connectivity index is 1.65. The van der Waals surface area contributed by atoms with E-state index in [9.17, 15) is 14.4 Å². The largest absolute Gasteiger partial charge is 0.465 e. The number of aromatic amines is 1. The Bertz CT molecular complexity index is 864. The Morgan fingerprint density at radius 2 is 2.04 bits per heavy atom. The second kappa shape index (κ2) is 8.60. The number of likely N-dealkylation sites (tertiary alicyclic amines) is 1. The highest BCUT2D eigenvalue weighted by Crippen LogP contribution is 2.23. The first-order valence-corrected chi connectivity index (χ1v) is 10.3. The van der Waals surface area contributed by atoms with E-state index in [1.54, 1.807) is 17.9 Å². The first kappa shape index (κ1) is 20.1. The third-order valence-electron chi connectivity index (χ3n) is 5.19. The number of thiophene rings is 1. The van der Waals surface area contributed by atoms with Gasteiger partial charge < -0.3 is 19.9 Å². The summed E-state index contributed by atoms with van der Waals surface area (Å²) in [5.74, 6) is -0.619. The van der Waals surface area contributed by atoms with Gasteiger partial charge in [-0.2, -0.15) is 11.3 Å². The maximum absolute atomic E-state index is 13.0. The second-order valence-electron chi connectivity index (χ2n) is 6.88. The van der Waals surface area contributed by atoms with Crippen LogP contribution in [0.15, 0.2) is 16.8 Å². The number of esters is 1. The first-order chi connectivity index (χ1) is 13.5. The SMILES string of the molecule is CCc1[nH]c(C(=O)N2CCC(NC(=O)c3ccsc3)CC2)c(C)c1C(=O)OC. The van der Waals surface area contributed by atoms with Crippen LogP contribution in [0.5, 0.6) is 0 Å². The quantitative estimate of drug-likeness (QED) is 0.751. The predicted octanol–water partition coefficient (Wildman–Crippen LogP) is 2.77. The molecule has 7 nitrogen and oxygen atoms in total. The van der Waals surface area contributed by atoms with Crippen molar-refractivity contribution >= 4 is 29.1 Å². The number of carbonyl (C=O) groups is 3. The lowest BCUT2D eigenvalue weighted by molar-refractivity contribution is 0.0598. The van der Waals surface area contributed by atoms with Gasteiger partial charge in [-0.3, -0.25) is 9.59 Å². The number of hydrogen-bond donors (Lipinski definition) is 2. The number of piperidine rings is 1. The number of rotatable bonds is 5. The summed E-state index contributed by atoms with van der Waals surface area (Å²) < 4.78 is 4.86. The van der Waals surface area contributed by atoms with Crippen LogP contribution in [0.4, 0.5) is 0 Å². The third kappa shape index (κ3) is 3.96. The number of methoxy groups -OCH3 is 1. The molecule has 0 spiro atoms. The van der Waals surface area contributed by atoms with E-state index in [4.69, 9.17) is 4.74 Å². The molecule has 1 fully saturated rings. The van der Waals surface area contributed by atoms with E-state index in [0.29, 0.717) is 60.4 Å². The van der Waals surface area contributed by atoms with Crippen LogP contribution in [0.3, 0.4) is 0 Å². The zero-order valence-electron chi connectivity index (χ0n) is 16.3. The molecule has 3 rings (SSSR count). The molecule has 2 amide bonds. The van der Waals surface area contributed by atoms with E-state index in [2.05, 4.69) is 10.3 Å². The van der Waals surface area contributed by atoms with Crippen molar-refractivity contribution in [2.45, 2.75) is 39.2 Å². The number of nitrogens with one attached hydrogen (secondary N) is 2. The molecule has 2 aromatic heterocycles. The number of ether oxygens (including phenoxy) is 1. The monoisotopic (exact) mass is 403 g/mol. The van der Waals surface area contributed by atoms with Crippen LogP contribution < -0.4 is 5.32 Å². The smallest absolute Gasteiger partial charge is 0.339 e. The molecule has 0 unspecified atom stereocenters. The lowest BCUT2D eigenvalue weighted by Gasteiger charge is -2.32. The minimum Gasteiger partial charge on any atom is -0.465 e. The first-order valence-electron chi connectivity index (χ1n) is 9.38. The highest BCUT2D eigenvalue weighted by Gasteiger charge is 2.29. The third-order valence-corrected chi connectivity index (χ3v) is 5.87. The van der Waals surface area contributed by atoms with E-state index in [0.717, 1.165) is 0 Å². The van der Waals surface area contributed by atoms with Crippen LogP contribution in [-0.4, -0.2) is 53.9 Å². The summed E-state index contributed by atoms with van der Waals surface area (Å²) in [5, 5.41) is 6.74. The molecule has 28 heavy (non-hydrogen) atoms. The summed E-state index contributed by atoms with van der Waals surface area (Å²) in [6, 6.07) is 1.86.